The van der Waals surface area contributed by atoms with E-state index in [9.17, 15) is 0 Å². The molecule has 0 aromatic heterocycles. The van der Waals surface area contributed by atoms with E-state index < -0.39 is 0 Å². The predicted molar refractivity (Wildman–Crippen MR) is 57.5 cm³/mol. The van der Waals surface area contributed by atoms with Crippen molar-refractivity contribution in [1.29, 1.82) is 0 Å². The molecule has 2 nitrogen and oxygen atoms in total. The molecule has 0 unspecified atom stereocenters. The molecule has 3 heteroatoms. The normalized spacial score (nSPS) is 7.00. The van der Waals surface area contributed by atoms with Crippen molar-refractivity contribution in [1.82, 2.24) is 0 Å². The smallest absolute Gasteiger partial charge is 0.0519 e. The summed E-state index contributed by atoms with van der Waals surface area (Å²) in [7, 11) is 1.50. The third-order valence-corrected chi connectivity index (χ3v) is 0.967. The summed E-state index contributed by atoms with van der Waals surface area (Å²) < 4.78 is 0. The van der Waals surface area contributed by atoms with E-state index in [1.165, 1.54) is 7.05 Å². The maximum absolute atomic E-state index is 7.80. The molecule has 0 aliphatic rings. The molecule has 1 aromatic rings. The van der Waals surface area contributed by atoms with Gasteiger partial charge < -0.3 is 10.8 Å². The van der Waals surface area contributed by atoms with Crippen molar-refractivity contribution in [2.45, 2.75) is 0 Å². The maximum Gasteiger partial charge on any atom is 0.0519 e. The van der Waals surface area contributed by atoms with Crippen LogP contribution in [0.2, 0.25) is 0 Å². The van der Waals surface area contributed by atoms with Crippen molar-refractivity contribution >= 4 is 12.6 Å². The minimum atomic E-state index is 0.184. The number of hydrogen-bond acceptors (Lipinski definition) is 3. The van der Waals surface area contributed by atoms with Crippen molar-refractivity contribution < 1.29 is 5.11 Å². The van der Waals surface area contributed by atoms with E-state index in [1.54, 1.807) is 0 Å². The minimum absolute atomic E-state index is 0.184. The Morgan fingerprint density at radius 2 is 1.17 bits per heavy atom. The molecule has 12 heavy (non-hydrogen) atoms. The molecular formula is C9H17NOS. The van der Waals surface area contributed by atoms with Gasteiger partial charge in [-0.05, 0) is 7.05 Å². The van der Waals surface area contributed by atoms with Crippen LogP contribution in [0.25, 0.3) is 0 Å². The highest BCUT2D eigenvalue weighted by atomic mass is 32.1. The summed E-state index contributed by atoms with van der Waals surface area (Å²) in [5.41, 5.74) is 4.50. The van der Waals surface area contributed by atoms with Crippen LogP contribution in [0.1, 0.15) is 0 Å². The van der Waals surface area contributed by atoms with E-state index in [4.69, 9.17) is 5.11 Å². The van der Waals surface area contributed by atoms with Crippen LogP contribution in [0.3, 0.4) is 0 Å². The molecule has 0 bridgehead atoms. The molecule has 0 atom stereocenters. The summed E-state index contributed by atoms with van der Waals surface area (Å²) in [5.74, 6) is 0.569. The van der Waals surface area contributed by atoms with Gasteiger partial charge in [-0.15, -0.1) is 0 Å². The van der Waals surface area contributed by atoms with E-state index in [-0.39, 0.29) is 6.61 Å². The number of benzene rings is 1. The lowest BCUT2D eigenvalue weighted by Crippen LogP contribution is -1.76. The van der Waals surface area contributed by atoms with Crippen LogP contribution in [0, 0.1) is 0 Å². The van der Waals surface area contributed by atoms with Gasteiger partial charge in [-0.25, -0.2) is 0 Å². The first kappa shape index (κ1) is 14.0. The van der Waals surface area contributed by atoms with Crippen molar-refractivity contribution in [2.75, 3.05) is 19.4 Å². The largest absolute Gasteiger partial charge is 0.396 e. The number of aliphatic hydroxyl groups excluding tert-OH is 1. The first-order valence-corrected chi connectivity index (χ1v) is 4.34. The minimum Gasteiger partial charge on any atom is -0.396 e. The monoisotopic (exact) mass is 187 g/mol. The van der Waals surface area contributed by atoms with Crippen molar-refractivity contribution in [3.63, 3.8) is 0 Å². The molecule has 0 heterocycles. The number of hydrogen-bond donors (Lipinski definition) is 3. The molecule has 3 N–H and O–H groups in total. The summed E-state index contributed by atoms with van der Waals surface area (Å²) in [6, 6.07) is 12.0. The van der Waals surface area contributed by atoms with Gasteiger partial charge in [0, 0.05) is 5.75 Å². The van der Waals surface area contributed by atoms with Gasteiger partial charge >= 0.3 is 0 Å². The van der Waals surface area contributed by atoms with Crippen molar-refractivity contribution in [3.05, 3.63) is 36.4 Å². The second kappa shape index (κ2) is 16.8. The summed E-state index contributed by atoms with van der Waals surface area (Å²) in [4.78, 5) is 0. The van der Waals surface area contributed by atoms with Crippen LogP contribution in [-0.2, 0) is 0 Å². The molecule has 0 radical (unpaired) electrons. The molecule has 70 valence electrons. The molecule has 0 fully saturated rings. The average molecular weight is 187 g/mol. The summed E-state index contributed by atoms with van der Waals surface area (Å²) >= 11 is 3.67. The summed E-state index contributed by atoms with van der Waals surface area (Å²) in [6.07, 6.45) is 0. The first-order valence-electron chi connectivity index (χ1n) is 3.71. The fraction of sp³-hybridized carbons (Fsp3) is 0.333. The Kier molecular flexibility index (Phi) is 19.7. The van der Waals surface area contributed by atoms with Crippen molar-refractivity contribution in [2.24, 2.45) is 5.73 Å². The molecule has 0 spiro atoms. The van der Waals surface area contributed by atoms with Crippen molar-refractivity contribution in [3.8, 4) is 0 Å². The lowest BCUT2D eigenvalue weighted by atomic mass is 10.4. The Labute approximate surface area is 79.8 Å². The number of thiol groups is 1. The van der Waals surface area contributed by atoms with Gasteiger partial charge in [-0.3, -0.25) is 0 Å². The summed E-state index contributed by atoms with van der Waals surface area (Å²) in [6.45, 7) is 0.184. The SMILES string of the molecule is CN.OCCS.c1ccccc1. The lowest BCUT2D eigenvalue weighted by molar-refractivity contribution is 0.323. The third kappa shape index (κ3) is 16.2. The maximum atomic E-state index is 7.80. The zero-order chi connectivity index (χ0) is 9.66. The van der Waals surface area contributed by atoms with Gasteiger partial charge in [0.05, 0.1) is 6.61 Å². The van der Waals surface area contributed by atoms with Crippen LogP contribution in [0.5, 0.6) is 0 Å². The number of nitrogens with two attached hydrogens (primary N) is 1. The van der Waals surface area contributed by atoms with Gasteiger partial charge in [0.1, 0.15) is 0 Å². The molecule has 1 rings (SSSR count). The Morgan fingerprint density at radius 3 is 1.25 bits per heavy atom. The predicted octanol–water partition coefficient (Wildman–Crippen LogP) is 1.17. The number of aliphatic hydroxyl groups is 1. The zero-order valence-electron chi connectivity index (χ0n) is 7.35. The molecular weight excluding hydrogens is 170 g/mol. The van der Waals surface area contributed by atoms with Crippen LogP contribution >= 0.6 is 12.6 Å². The van der Waals surface area contributed by atoms with Crippen LogP contribution in [-0.4, -0.2) is 24.5 Å². The van der Waals surface area contributed by atoms with E-state index in [0.29, 0.717) is 5.75 Å². The van der Waals surface area contributed by atoms with Crippen LogP contribution in [0.4, 0.5) is 0 Å². The van der Waals surface area contributed by atoms with Gasteiger partial charge in [0.15, 0.2) is 0 Å². The highest BCUT2D eigenvalue weighted by Crippen LogP contribution is 1.79. The van der Waals surface area contributed by atoms with E-state index >= 15 is 0 Å². The van der Waals surface area contributed by atoms with Gasteiger partial charge in [0.2, 0.25) is 0 Å². The molecule has 0 aliphatic carbocycles. The fourth-order valence-electron chi connectivity index (χ4n) is 0.385. The van der Waals surface area contributed by atoms with E-state index in [1.807, 2.05) is 36.4 Å². The first-order chi connectivity index (χ1) is 5.91. The van der Waals surface area contributed by atoms with E-state index in [0.717, 1.165) is 0 Å². The molecule has 1 aromatic carbocycles. The fourth-order valence-corrected chi connectivity index (χ4v) is 0.385. The highest BCUT2D eigenvalue weighted by Gasteiger charge is 1.58. The Hall–Kier alpha value is -0.510. The molecule has 0 amide bonds. The molecule has 0 saturated carbocycles. The second-order valence-electron chi connectivity index (χ2n) is 1.60. The standard InChI is InChI=1S/C6H6.C2H6OS.CH5N/c1-2-4-6-5-3-1;3-1-2-4;1-2/h1-6H;3-4H,1-2H2;2H2,1H3. The van der Waals surface area contributed by atoms with Gasteiger partial charge in [-0.2, -0.15) is 12.6 Å². The Balaban J connectivity index is 0. The second-order valence-corrected chi connectivity index (χ2v) is 2.05. The van der Waals surface area contributed by atoms with E-state index in [2.05, 4.69) is 18.4 Å². The Morgan fingerprint density at radius 1 is 1.00 bits per heavy atom. The van der Waals surface area contributed by atoms with Gasteiger partial charge in [-0.1, -0.05) is 36.4 Å². The average Bonchev–Trinajstić information content (AvgIpc) is 2.24. The quantitative estimate of drug-likeness (QED) is 0.578. The topological polar surface area (TPSA) is 46.2 Å². The van der Waals surface area contributed by atoms with Crippen LogP contribution < -0.4 is 5.73 Å². The molecule has 0 saturated heterocycles. The third-order valence-electron chi connectivity index (χ3n) is 0.767. The summed E-state index contributed by atoms with van der Waals surface area (Å²) in [5, 5.41) is 7.80. The lowest BCUT2D eigenvalue weighted by Gasteiger charge is -1.69. The zero-order valence-corrected chi connectivity index (χ0v) is 8.24. The van der Waals surface area contributed by atoms with Gasteiger partial charge in [0.25, 0.3) is 0 Å². The molecule has 0 aliphatic heterocycles. The highest BCUT2D eigenvalue weighted by molar-refractivity contribution is 7.80. The number of rotatable bonds is 1. The Bertz CT molecular complexity index is 106. The van der Waals surface area contributed by atoms with Crippen LogP contribution in [0.15, 0.2) is 36.4 Å².